The molecule has 4 aliphatic carbocycles. The summed E-state index contributed by atoms with van der Waals surface area (Å²) in [5, 5.41) is 20.5. The first-order chi connectivity index (χ1) is 18.4. The lowest BCUT2D eigenvalue weighted by molar-refractivity contribution is -0.185. The minimum Gasteiger partial charge on any atom is -0.465 e. The van der Waals surface area contributed by atoms with Gasteiger partial charge in [-0.3, -0.25) is 9.59 Å². The van der Waals surface area contributed by atoms with E-state index in [1.165, 1.54) is 19.3 Å². The molecule has 0 radical (unpaired) electrons. The van der Waals surface area contributed by atoms with Crippen molar-refractivity contribution in [1.82, 2.24) is 0 Å². The molecular formula is C33H53NO5. The Bertz CT molecular complexity index is 941. The number of aliphatic hydroxyl groups is 1. The molecule has 4 fully saturated rings. The first-order valence-electron chi connectivity index (χ1n) is 15.8. The van der Waals surface area contributed by atoms with Gasteiger partial charge in [0.05, 0.1) is 24.0 Å². The molecule has 0 saturated heterocycles. The summed E-state index contributed by atoms with van der Waals surface area (Å²) in [7, 11) is 0. The van der Waals surface area contributed by atoms with Crippen LogP contribution >= 0.6 is 0 Å². The summed E-state index contributed by atoms with van der Waals surface area (Å²) in [5.74, 6) is 2.73. The third kappa shape index (κ3) is 5.64. The molecule has 39 heavy (non-hydrogen) atoms. The molecule has 10 atom stereocenters. The number of nitriles is 1. The molecule has 0 aromatic rings. The zero-order chi connectivity index (χ0) is 28.6. The predicted molar refractivity (Wildman–Crippen MR) is 150 cm³/mol. The normalized spacial score (nSPS) is 40.4. The minimum atomic E-state index is -0.426. The smallest absolute Gasteiger partial charge is 0.311 e. The van der Waals surface area contributed by atoms with Gasteiger partial charge in [0.2, 0.25) is 0 Å². The minimum absolute atomic E-state index is 0.0278. The maximum absolute atomic E-state index is 12.8. The van der Waals surface area contributed by atoms with Gasteiger partial charge in [-0.1, -0.05) is 27.7 Å². The average molecular weight is 544 g/mol. The maximum Gasteiger partial charge on any atom is 0.311 e. The fourth-order valence-corrected chi connectivity index (χ4v) is 9.54. The van der Waals surface area contributed by atoms with Gasteiger partial charge in [0.1, 0.15) is 12.7 Å². The summed E-state index contributed by atoms with van der Waals surface area (Å²) in [6.07, 6.45) is 10.4. The van der Waals surface area contributed by atoms with Crippen LogP contribution in [0.1, 0.15) is 119 Å². The van der Waals surface area contributed by atoms with Gasteiger partial charge in [0, 0.05) is 6.42 Å². The van der Waals surface area contributed by atoms with Gasteiger partial charge in [-0.2, -0.15) is 5.26 Å². The number of hydrogen-bond donors (Lipinski definition) is 1. The van der Waals surface area contributed by atoms with Crippen LogP contribution in [0.2, 0.25) is 0 Å². The second-order valence-electron chi connectivity index (χ2n) is 14.6. The molecule has 0 spiro atoms. The van der Waals surface area contributed by atoms with Crippen LogP contribution in [0.5, 0.6) is 0 Å². The third-order valence-corrected chi connectivity index (χ3v) is 12.5. The average Bonchev–Trinajstić information content (AvgIpc) is 3.27. The van der Waals surface area contributed by atoms with E-state index >= 15 is 0 Å². The van der Waals surface area contributed by atoms with E-state index in [9.17, 15) is 14.7 Å². The highest BCUT2D eigenvalue weighted by Crippen LogP contribution is 2.68. The molecule has 0 amide bonds. The number of ether oxygens (including phenoxy) is 2. The highest BCUT2D eigenvalue weighted by atomic mass is 16.5. The van der Waals surface area contributed by atoms with Gasteiger partial charge in [-0.05, 0) is 124 Å². The molecule has 8 unspecified atom stereocenters. The zero-order valence-electron chi connectivity index (χ0n) is 25.3. The number of aliphatic hydroxyl groups excluding tert-OH is 1. The van der Waals surface area contributed by atoms with Crippen molar-refractivity contribution in [1.29, 1.82) is 5.26 Å². The van der Waals surface area contributed by atoms with Crippen LogP contribution in [0.15, 0.2) is 0 Å². The van der Waals surface area contributed by atoms with Crippen LogP contribution in [-0.4, -0.2) is 35.9 Å². The quantitative estimate of drug-likeness (QED) is 0.253. The summed E-state index contributed by atoms with van der Waals surface area (Å²) in [4.78, 5) is 24.9. The Morgan fingerprint density at radius 2 is 1.85 bits per heavy atom. The Morgan fingerprint density at radius 3 is 2.54 bits per heavy atom. The van der Waals surface area contributed by atoms with Crippen molar-refractivity contribution in [3.63, 3.8) is 0 Å². The molecule has 0 aliphatic heterocycles. The van der Waals surface area contributed by atoms with E-state index in [-0.39, 0.29) is 48.0 Å². The standard InChI is InChI=1S/C33H53NO5/c1-7-31(3,4)30(37)39-23-15-16-32(5)22(19-23)10-11-24-26-13-12-25(33(26,6)28(35)20-27(24)32)21(2)9-14-29(36)38-18-8-17-34/h21-28,35H,7-16,18-20H2,1-6H3/t21?,22?,23?,24?,25?,26?,27?,28?,32-,33+/m0/s1. The molecule has 0 aromatic carbocycles. The van der Waals surface area contributed by atoms with Crippen molar-refractivity contribution < 1.29 is 24.2 Å². The van der Waals surface area contributed by atoms with E-state index in [0.717, 1.165) is 44.9 Å². The highest BCUT2D eigenvalue weighted by molar-refractivity contribution is 5.76. The topological polar surface area (TPSA) is 96.6 Å². The molecule has 4 rings (SSSR count). The molecule has 1 N–H and O–H groups in total. The van der Waals surface area contributed by atoms with Crippen LogP contribution in [0.25, 0.3) is 0 Å². The van der Waals surface area contributed by atoms with Gasteiger partial charge in [0.25, 0.3) is 0 Å². The number of carbonyl (C=O) groups excluding carboxylic acids is 2. The Kier molecular flexibility index (Phi) is 9.11. The van der Waals surface area contributed by atoms with Crippen LogP contribution in [0, 0.1) is 63.1 Å². The van der Waals surface area contributed by atoms with Crippen LogP contribution in [0.3, 0.4) is 0 Å². The molecular weight excluding hydrogens is 490 g/mol. The second-order valence-corrected chi connectivity index (χ2v) is 14.6. The lowest BCUT2D eigenvalue weighted by Gasteiger charge is -2.62. The number of esters is 2. The molecule has 0 heterocycles. The molecule has 4 saturated carbocycles. The van der Waals surface area contributed by atoms with Gasteiger partial charge in [0.15, 0.2) is 0 Å². The molecule has 0 aromatic heterocycles. The van der Waals surface area contributed by atoms with E-state index < -0.39 is 5.41 Å². The van der Waals surface area contributed by atoms with Crippen molar-refractivity contribution in [3.05, 3.63) is 0 Å². The first-order valence-corrected chi connectivity index (χ1v) is 15.8. The first kappa shape index (κ1) is 30.4. The fraction of sp³-hybridized carbons (Fsp3) is 0.909. The van der Waals surface area contributed by atoms with Crippen molar-refractivity contribution in [2.24, 2.45) is 51.8 Å². The Labute approximate surface area is 236 Å². The fourth-order valence-electron chi connectivity index (χ4n) is 9.54. The number of fused-ring (bicyclic) bond motifs is 5. The second kappa shape index (κ2) is 11.7. The van der Waals surface area contributed by atoms with E-state index in [1.54, 1.807) is 0 Å². The zero-order valence-corrected chi connectivity index (χ0v) is 25.3. The highest BCUT2D eigenvalue weighted by Gasteiger charge is 2.63. The summed E-state index contributed by atoms with van der Waals surface area (Å²) in [6, 6.07) is 2.01. The van der Waals surface area contributed by atoms with Gasteiger partial charge in [-0.15, -0.1) is 0 Å². The largest absolute Gasteiger partial charge is 0.465 e. The molecule has 6 nitrogen and oxygen atoms in total. The predicted octanol–water partition coefficient (Wildman–Crippen LogP) is 6.84. The van der Waals surface area contributed by atoms with Crippen LogP contribution in [-0.2, 0) is 19.1 Å². The Hall–Kier alpha value is -1.61. The van der Waals surface area contributed by atoms with E-state index in [2.05, 4.69) is 20.8 Å². The maximum atomic E-state index is 12.8. The van der Waals surface area contributed by atoms with Crippen molar-refractivity contribution in [2.75, 3.05) is 6.61 Å². The van der Waals surface area contributed by atoms with Crippen molar-refractivity contribution >= 4 is 11.9 Å². The van der Waals surface area contributed by atoms with Crippen LogP contribution in [0.4, 0.5) is 0 Å². The number of rotatable bonds is 9. The molecule has 6 heteroatoms. The number of nitrogens with zero attached hydrogens (tertiary/aromatic N) is 1. The lowest BCUT2D eigenvalue weighted by Crippen LogP contribution is -2.59. The Balaban J connectivity index is 1.40. The number of carbonyl (C=O) groups is 2. The molecule has 4 aliphatic rings. The summed E-state index contributed by atoms with van der Waals surface area (Å²) >= 11 is 0. The van der Waals surface area contributed by atoms with Gasteiger partial charge in [-0.25, -0.2) is 0 Å². The van der Waals surface area contributed by atoms with Crippen LogP contribution < -0.4 is 0 Å². The Morgan fingerprint density at radius 1 is 1.10 bits per heavy atom. The third-order valence-electron chi connectivity index (χ3n) is 12.5. The summed E-state index contributed by atoms with van der Waals surface area (Å²) < 4.78 is 11.2. The van der Waals surface area contributed by atoms with Crippen molar-refractivity contribution in [3.8, 4) is 6.07 Å². The van der Waals surface area contributed by atoms with Gasteiger partial charge < -0.3 is 14.6 Å². The monoisotopic (exact) mass is 543 g/mol. The number of hydrogen-bond acceptors (Lipinski definition) is 6. The summed E-state index contributed by atoms with van der Waals surface area (Å²) in [5.41, 5.74) is -0.331. The SMILES string of the molecule is CCC(C)(C)C(=O)OC1CC[C@@]2(C)C(CCC3C2CC(O)[C@]2(C)C(C(C)CCC(=O)OCCC#N)CCC32)C1. The summed E-state index contributed by atoms with van der Waals surface area (Å²) in [6.45, 7) is 13.3. The van der Waals surface area contributed by atoms with E-state index in [0.29, 0.717) is 41.9 Å². The molecule has 0 bridgehead atoms. The molecule has 220 valence electrons. The van der Waals surface area contributed by atoms with Crippen molar-refractivity contribution in [2.45, 2.75) is 131 Å². The van der Waals surface area contributed by atoms with E-state index in [4.69, 9.17) is 14.7 Å². The van der Waals surface area contributed by atoms with E-state index in [1.807, 2.05) is 26.8 Å². The van der Waals surface area contributed by atoms with Gasteiger partial charge >= 0.3 is 11.9 Å². The lowest BCUT2D eigenvalue weighted by atomic mass is 9.43.